The highest BCUT2D eigenvalue weighted by Gasteiger charge is 2.35. The Morgan fingerprint density at radius 2 is 2.00 bits per heavy atom. The number of hydrogen-bond donors (Lipinski definition) is 2. The van der Waals surface area contributed by atoms with Crippen LogP contribution in [0, 0.1) is 0 Å². The number of ether oxygens (including phenoxy) is 1. The maximum Gasteiger partial charge on any atom is 0.240 e. The van der Waals surface area contributed by atoms with Gasteiger partial charge in [-0.1, -0.05) is 0 Å². The van der Waals surface area contributed by atoms with Crippen molar-refractivity contribution in [3.8, 4) is 0 Å². The molecule has 1 aliphatic rings. The Bertz CT molecular complexity index is 347. The van der Waals surface area contributed by atoms with Gasteiger partial charge in [0.05, 0.1) is 11.3 Å². The van der Waals surface area contributed by atoms with Crippen LogP contribution in [0.25, 0.3) is 0 Å². The fraction of sp³-hybridized carbons (Fsp3) is 0.889. The highest BCUT2D eigenvalue weighted by Crippen LogP contribution is 2.17. The number of carbonyl (C=O) groups excluding carboxylic acids is 1. The third kappa shape index (κ3) is 4.07. The number of sulfone groups is 1. The molecule has 7 heteroatoms. The van der Waals surface area contributed by atoms with Gasteiger partial charge >= 0.3 is 0 Å². The molecular formula is C9H18N2O4S. The number of carbonyl (C=O) groups is 1. The molecule has 3 N–H and O–H groups in total. The van der Waals surface area contributed by atoms with Crippen LogP contribution >= 0.6 is 0 Å². The zero-order chi connectivity index (χ0) is 12.2. The van der Waals surface area contributed by atoms with E-state index in [1.807, 2.05) is 0 Å². The van der Waals surface area contributed by atoms with Gasteiger partial charge in [0.1, 0.15) is 9.84 Å². The van der Waals surface area contributed by atoms with Crippen molar-refractivity contribution in [1.82, 2.24) is 5.32 Å². The fourth-order valence-electron chi connectivity index (χ4n) is 1.49. The quantitative estimate of drug-likeness (QED) is 0.643. The molecule has 0 aliphatic carbocycles. The van der Waals surface area contributed by atoms with E-state index in [9.17, 15) is 13.2 Å². The van der Waals surface area contributed by atoms with Gasteiger partial charge in [-0.3, -0.25) is 4.79 Å². The summed E-state index contributed by atoms with van der Waals surface area (Å²) in [6.45, 7) is 1.05. The van der Waals surface area contributed by atoms with Crippen LogP contribution < -0.4 is 11.1 Å². The first kappa shape index (κ1) is 13.4. The van der Waals surface area contributed by atoms with Gasteiger partial charge in [0, 0.05) is 26.0 Å². The highest BCUT2D eigenvalue weighted by atomic mass is 32.2. The SMILES string of the molecule is CS(=O)(=O)CCNC(=O)C1(N)CCOCC1. The molecule has 1 saturated heterocycles. The molecule has 0 aromatic heterocycles. The third-order valence-corrected chi connectivity index (χ3v) is 3.54. The van der Waals surface area contributed by atoms with Gasteiger partial charge in [-0.25, -0.2) is 8.42 Å². The monoisotopic (exact) mass is 250 g/mol. The van der Waals surface area contributed by atoms with E-state index >= 15 is 0 Å². The normalized spacial score (nSPS) is 20.4. The molecule has 1 heterocycles. The van der Waals surface area contributed by atoms with Crippen LogP contribution in [0.4, 0.5) is 0 Å². The van der Waals surface area contributed by atoms with E-state index in [1.165, 1.54) is 0 Å². The van der Waals surface area contributed by atoms with E-state index in [4.69, 9.17) is 10.5 Å². The molecule has 16 heavy (non-hydrogen) atoms. The van der Waals surface area contributed by atoms with Crippen LogP contribution in [0.15, 0.2) is 0 Å². The second-order valence-corrected chi connectivity index (χ2v) is 6.41. The number of rotatable bonds is 4. The topological polar surface area (TPSA) is 98.5 Å². The van der Waals surface area contributed by atoms with Crippen molar-refractivity contribution in [2.24, 2.45) is 5.73 Å². The van der Waals surface area contributed by atoms with Gasteiger partial charge in [0.15, 0.2) is 0 Å². The van der Waals surface area contributed by atoms with E-state index in [2.05, 4.69) is 5.32 Å². The fourth-order valence-corrected chi connectivity index (χ4v) is 1.96. The molecule has 0 unspecified atom stereocenters. The Kier molecular flexibility index (Phi) is 4.28. The van der Waals surface area contributed by atoms with Crippen LogP contribution in [-0.2, 0) is 19.4 Å². The Morgan fingerprint density at radius 1 is 1.44 bits per heavy atom. The third-order valence-electron chi connectivity index (χ3n) is 2.60. The largest absolute Gasteiger partial charge is 0.381 e. The van der Waals surface area contributed by atoms with Gasteiger partial charge in [-0.2, -0.15) is 0 Å². The second-order valence-electron chi connectivity index (χ2n) is 4.15. The lowest BCUT2D eigenvalue weighted by Gasteiger charge is -2.31. The predicted octanol–water partition coefficient (Wildman–Crippen LogP) is -1.34. The first-order valence-electron chi connectivity index (χ1n) is 5.16. The summed E-state index contributed by atoms with van der Waals surface area (Å²) < 4.78 is 26.9. The number of hydrogen-bond acceptors (Lipinski definition) is 5. The molecule has 0 spiro atoms. The van der Waals surface area contributed by atoms with E-state index in [-0.39, 0.29) is 18.2 Å². The molecule has 0 radical (unpaired) electrons. The highest BCUT2D eigenvalue weighted by molar-refractivity contribution is 7.90. The van der Waals surface area contributed by atoms with Crippen molar-refractivity contribution in [3.05, 3.63) is 0 Å². The van der Waals surface area contributed by atoms with Crippen molar-refractivity contribution in [3.63, 3.8) is 0 Å². The minimum atomic E-state index is -3.05. The summed E-state index contributed by atoms with van der Waals surface area (Å²) in [4.78, 5) is 11.7. The van der Waals surface area contributed by atoms with Crippen molar-refractivity contribution in [2.75, 3.05) is 31.8 Å². The van der Waals surface area contributed by atoms with Gasteiger partial charge in [0.2, 0.25) is 5.91 Å². The average molecular weight is 250 g/mol. The lowest BCUT2D eigenvalue weighted by Crippen LogP contribution is -2.57. The van der Waals surface area contributed by atoms with Gasteiger partial charge in [0.25, 0.3) is 0 Å². The standard InChI is InChI=1S/C9H18N2O4S/c1-16(13,14)7-4-11-8(12)9(10)2-5-15-6-3-9/h2-7,10H2,1H3,(H,11,12). The summed E-state index contributed by atoms with van der Waals surface area (Å²) in [7, 11) is -3.05. The van der Waals surface area contributed by atoms with Crippen molar-refractivity contribution in [2.45, 2.75) is 18.4 Å². The van der Waals surface area contributed by atoms with Gasteiger partial charge < -0.3 is 15.8 Å². The minimum absolute atomic E-state index is 0.0642. The Labute approximate surface area is 95.4 Å². The van der Waals surface area contributed by atoms with Crippen molar-refractivity contribution >= 4 is 15.7 Å². The molecule has 1 rings (SSSR count). The summed E-state index contributed by atoms with van der Waals surface area (Å²) >= 11 is 0. The molecule has 6 nitrogen and oxygen atoms in total. The molecule has 0 aromatic rings. The molecule has 0 saturated carbocycles. The minimum Gasteiger partial charge on any atom is -0.381 e. The van der Waals surface area contributed by atoms with Crippen molar-refractivity contribution in [1.29, 1.82) is 0 Å². The van der Waals surface area contributed by atoms with Gasteiger partial charge in [-0.15, -0.1) is 0 Å². The molecule has 1 amide bonds. The van der Waals surface area contributed by atoms with E-state index in [0.717, 1.165) is 6.26 Å². The average Bonchev–Trinajstić information content (AvgIpc) is 2.16. The Hall–Kier alpha value is -0.660. The molecule has 0 atom stereocenters. The number of nitrogens with two attached hydrogens (primary N) is 1. The Morgan fingerprint density at radius 3 is 2.50 bits per heavy atom. The number of amides is 1. The summed E-state index contributed by atoms with van der Waals surface area (Å²) in [6.07, 6.45) is 2.07. The lowest BCUT2D eigenvalue weighted by molar-refractivity contribution is -0.129. The second kappa shape index (κ2) is 5.11. The Balaban J connectivity index is 2.39. The van der Waals surface area contributed by atoms with Crippen LogP contribution in [0.2, 0.25) is 0 Å². The van der Waals surface area contributed by atoms with Crippen LogP contribution in [-0.4, -0.2) is 51.6 Å². The number of nitrogens with one attached hydrogen (secondary N) is 1. The van der Waals surface area contributed by atoms with Crippen LogP contribution in [0.3, 0.4) is 0 Å². The summed E-state index contributed by atoms with van der Waals surface area (Å²) in [5.74, 6) is -0.356. The lowest BCUT2D eigenvalue weighted by atomic mass is 9.90. The molecule has 94 valence electrons. The van der Waals surface area contributed by atoms with E-state index in [1.54, 1.807) is 0 Å². The first-order valence-corrected chi connectivity index (χ1v) is 7.22. The van der Waals surface area contributed by atoms with E-state index < -0.39 is 15.4 Å². The maximum atomic E-state index is 11.7. The van der Waals surface area contributed by atoms with Crippen LogP contribution in [0.1, 0.15) is 12.8 Å². The molecule has 1 aliphatic heterocycles. The van der Waals surface area contributed by atoms with Gasteiger partial charge in [-0.05, 0) is 12.8 Å². The summed E-state index contributed by atoms with van der Waals surface area (Å²) in [6, 6.07) is 0. The molecule has 1 fully saturated rings. The molecular weight excluding hydrogens is 232 g/mol. The van der Waals surface area contributed by atoms with E-state index in [0.29, 0.717) is 26.1 Å². The molecule has 0 aromatic carbocycles. The predicted molar refractivity (Wildman–Crippen MR) is 59.7 cm³/mol. The first-order chi connectivity index (χ1) is 7.33. The zero-order valence-corrected chi connectivity index (χ0v) is 10.2. The summed E-state index contributed by atoms with van der Waals surface area (Å²) in [5, 5.41) is 2.55. The maximum absolute atomic E-state index is 11.7. The smallest absolute Gasteiger partial charge is 0.240 e. The van der Waals surface area contributed by atoms with Crippen LogP contribution in [0.5, 0.6) is 0 Å². The summed E-state index contributed by atoms with van der Waals surface area (Å²) in [5.41, 5.74) is 5.00. The molecule has 0 bridgehead atoms. The zero-order valence-electron chi connectivity index (χ0n) is 9.36. The van der Waals surface area contributed by atoms with Crippen molar-refractivity contribution < 1.29 is 17.9 Å².